The summed E-state index contributed by atoms with van der Waals surface area (Å²) < 4.78 is 4.90. The minimum absolute atomic E-state index is 0.120. The van der Waals surface area contributed by atoms with Gasteiger partial charge in [0.1, 0.15) is 6.26 Å². The molecule has 0 spiro atoms. The number of carbonyl (C=O) groups excluding carboxylic acids is 1. The Balaban J connectivity index is 2.65. The predicted octanol–water partition coefficient (Wildman–Crippen LogP) is 1.12. The van der Waals surface area contributed by atoms with Crippen molar-refractivity contribution in [2.24, 2.45) is 0 Å². The first-order valence-corrected chi connectivity index (χ1v) is 3.82. The number of carbonyl (C=O) groups is 1. The van der Waals surface area contributed by atoms with Crippen LogP contribution in [0.5, 0.6) is 0 Å². The van der Waals surface area contributed by atoms with E-state index < -0.39 is 0 Å². The molecule has 0 saturated carbocycles. The maximum absolute atomic E-state index is 11.2. The highest BCUT2D eigenvalue weighted by Crippen LogP contribution is 1.99. The lowest BCUT2D eigenvalue weighted by atomic mass is 10.3. The van der Waals surface area contributed by atoms with Gasteiger partial charge >= 0.3 is 0 Å². The molecule has 0 fully saturated rings. The van der Waals surface area contributed by atoms with Crippen molar-refractivity contribution in [3.05, 3.63) is 17.8 Å². The van der Waals surface area contributed by atoms with Crippen LogP contribution < -0.4 is 5.32 Å². The van der Waals surface area contributed by atoms with Crippen molar-refractivity contribution < 1.29 is 9.21 Å². The Morgan fingerprint density at radius 2 is 2.33 bits per heavy atom. The van der Waals surface area contributed by atoms with E-state index in [0.717, 1.165) is 0 Å². The number of aromatic nitrogens is 1. The third kappa shape index (κ3) is 2.08. The van der Waals surface area contributed by atoms with Gasteiger partial charge in [-0.3, -0.25) is 4.79 Å². The zero-order valence-electron chi connectivity index (χ0n) is 7.42. The minimum Gasteiger partial charge on any atom is -0.448 e. The summed E-state index contributed by atoms with van der Waals surface area (Å²) in [6.07, 6.45) is 1.35. The van der Waals surface area contributed by atoms with Gasteiger partial charge in [-0.2, -0.15) is 0 Å². The van der Waals surface area contributed by atoms with Gasteiger partial charge in [0, 0.05) is 13.0 Å². The van der Waals surface area contributed by atoms with Crippen LogP contribution in [0.4, 0.5) is 0 Å². The van der Waals surface area contributed by atoms with Crippen LogP contribution in [-0.4, -0.2) is 16.9 Å². The van der Waals surface area contributed by atoms with Crippen LogP contribution in [-0.2, 0) is 0 Å². The largest absolute Gasteiger partial charge is 0.448 e. The van der Waals surface area contributed by atoms with Crippen molar-refractivity contribution >= 4 is 5.91 Å². The Hall–Kier alpha value is -1.32. The molecule has 0 aliphatic carbocycles. The fourth-order valence-corrected chi connectivity index (χ4v) is 0.804. The molecule has 12 heavy (non-hydrogen) atoms. The summed E-state index contributed by atoms with van der Waals surface area (Å²) in [5.74, 6) is 0.311. The second kappa shape index (κ2) is 3.38. The SMILES string of the molecule is Cc1nc(C(=O)NC(C)C)co1. The molecule has 66 valence electrons. The summed E-state index contributed by atoms with van der Waals surface area (Å²) in [6, 6.07) is 0.120. The molecule has 0 saturated heterocycles. The van der Waals surface area contributed by atoms with Crippen LogP contribution in [0.15, 0.2) is 10.7 Å². The lowest BCUT2D eigenvalue weighted by Gasteiger charge is -2.04. The lowest BCUT2D eigenvalue weighted by molar-refractivity contribution is 0.0938. The number of nitrogens with one attached hydrogen (secondary N) is 1. The van der Waals surface area contributed by atoms with Gasteiger partial charge in [0.05, 0.1) is 0 Å². The van der Waals surface area contributed by atoms with E-state index in [4.69, 9.17) is 4.42 Å². The van der Waals surface area contributed by atoms with E-state index in [-0.39, 0.29) is 11.9 Å². The number of rotatable bonds is 2. The van der Waals surface area contributed by atoms with Gasteiger partial charge in [0.25, 0.3) is 5.91 Å². The maximum Gasteiger partial charge on any atom is 0.273 e. The van der Waals surface area contributed by atoms with Gasteiger partial charge in [-0.1, -0.05) is 0 Å². The zero-order valence-corrected chi connectivity index (χ0v) is 7.42. The van der Waals surface area contributed by atoms with Crippen LogP contribution in [0.25, 0.3) is 0 Å². The second-order valence-electron chi connectivity index (χ2n) is 2.88. The molecule has 1 aromatic heterocycles. The van der Waals surface area contributed by atoms with Crippen molar-refractivity contribution in [1.82, 2.24) is 10.3 Å². The molecular weight excluding hydrogens is 156 g/mol. The molecule has 0 atom stereocenters. The van der Waals surface area contributed by atoms with Gasteiger partial charge in [0.15, 0.2) is 11.6 Å². The van der Waals surface area contributed by atoms with E-state index in [1.165, 1.54) is 6.26 Å². The number of amides is 1. The van der Waals surface area contributed by atoms with Gasteiger partial charge in [-0.05, 0) is 13.8 Å². The molecule has 0 bridgehead atoms. The molecule has 0 aliphatic heterocycles. The topological polar surface area (TPSA) is 55.1 Å². The smallest absolute Gasteiger partial charge is 0.273 e. The Morgan fingerprint density at radius 3 is 2.75 bits per heavy atom. The third-order valence-electron chi connectivity index (χ3n) is 1.27. The average Bonchev–Trinajstić information content (AvgIpc) is 2.34. The number of nitrogens with zero attached hydrogens (tertiary/aromatic N) is 1. The van der Waals surface area contributed by atoms with Crippen molar-refractivity contribution in [1.29, 1.82) is 0 Å². The quantitative estimate of drug-likeness (QED) is 0.720. The fraction of sp³-hybridized carbons (Fsp3) is 0.500. The summed E-state index contributed by atoms with van der Waals surface area (Å²) in [7, 11) is 0. The van der Waals surface area contributed by atoms with E-state index in [1.807, 2.05) is 13.8 Å². The Kier molecular flexibility index (Phi) is 2.47. The van der Waals surface area contributed by atoms with Gasteiger partial charge in [-0.25, -0.2) is 4.98 Å². The van der Waals surface area contributed by atoms with E-state index in [0.29, 0.717) is 11.6 Å². The summed E-state index contributed by atoms with van der Waals surface area (Å²) >= 11 is 0. The van der Waals surface area contributed by atoms with E-state index >= 15 is 0 Å². The highest BCUT2D eigenvalue weighted by Gasteiger charge is 2.10. The molecule has 0 aliphatic rings. The molecule has 0 radical (unpaired) electrons. The highest BCUT2D eigenvalue weighted by atomic mass is 16.3. The van der Waals surface area contributed by atoms with E-state index in [2.05, 4.69) is 10.3 Å². The Labute approximate surface area is 71.0 Å². The molecule has 0 unspecified atom stereocenters. The standard InChI is InChI=1S/C8H12N2O2/c1-5(2)9-8(11)7-4-12-6(3)10-7/h4-5H,1-3H3,(H,9,11). The predicted molar refractivity (Wildman–Crippen MR) is 43.8 cm³/mol. The molecular formula is C8H12N2O2. The van der Waals surface area contributed by atoms with Gasteiger partial charge < -0.3 is 9.73 Å². The zero-order chi connectivity index (χ0) is 9.14. The molecule has 1 rings (SSSR count). The van der Waals surface area contributed by atoms with Crippen molar-refractivity contribution in [2.45, 2.75) is 26.8 Å². The van der Waals surface area contributed by atoms with E-state index in [1.54, 1.807) is 6.92 Å². The number of hydrogen-bond donors (Lipinski definition) is 1. The fourth-order valence-electron chi connectivity index (χ4n) is 0.804. The van der Waals surface area contributed by atoms with Gasteiger partial charge in [-0.15, -0.1) is 0 Å². The van der Waals surface area contributed by atoms with Crippen LogP contribution >= 0.6 is 0 Å². The van der Waals surface area contributed by atoms with Crippen LogP contribution in [0.2, 0.25) is 0 Å². The van der Waals surface area contributed by atoms with E-state index in [9.17, 15) is 4.79 Å². The molecule has 4 nitrogen and oxygen atoms in total. The lowest BCUT2D eigenvalue weighted by Crippen LogP contribution is -2.30. The summed E-state index contributed by atoms with van der Waals surface area (Å²) in [5.41, 5.74) is 0.334. The summed E-state index contributed by atoms with van der Waals surface area (Å²) in [4.78, 5) is 15.1. The van der Waals surface area contributed by atoms with Crippen LogP contribution in [0.1, 0.15) is 30.2 Å². The first-order valence-electron chi connectivity index (χ1n) is 3.82. The van der Waals surface area contributed by atoms with Crippen LogP contribution in [0.3, 0.4) is 0 Å². The number of aryl methyl sites for hydroxylation is 1. The normalized spacial score (nSPS) is 10.3. The van der Waals surface area contributed by atoms with Crippen molar-refractivity contribution in [3.8, 4) is 0 Å². The van der Waals surface area contributed by atoms with Gasteiger partial charge in [0.2, 0.25) is 0 Å². The molecule has 1 heterocycles. The highest BCUT2D eigenvalue weighted by molar-refractivity contribution is 5.92. The molecule has 4 heteroatoms. The second-order valence-corrected chi connectivity index (χ2v) is 2.88. The molecule has 0 aromatic carbocycles. The van der Waals surface area contributed by atoms with Crippen LogP contribution in [0, 0.1) is 6.92 Å². The number of oxazole rings is 1. The Morgan fingerprint density at radius 1 is 1.67 bits per heavy atom. The summed E-state index contributed by atoms with van der Waals surface area (Å²) in [6.45, 7) is 5.49. The molecule has 1 aromatic rings. The number of hydrogen-bond acceptors (Lipinski definition) is 3. The summed E-state index contributed by atoms with van der Waals surface area (Å²) in [5, 5.41) is 2.71. The Bertz CT molecular complexity index is 278. The minimum atomic E-state index is -0.193. The third-order valence-corrected chi connectivity index (χ3v) is 1.27. The first-order chi connectivity index (χ1) is 5.59. The average molecular weight is 168 g/mol. The van der Waals surface area contributed by atoms with Crippen molar-refractivity contribution in [2.75, 3.05) is 0 Å². The first kappa shape index (κ1) is 8.77. The monoisotopic (exact) mass is 168 g/mol. The molecule has 1 N–H and O–H groups in total. The maximum atomic E-state index is 11.2. The van der Waals surface area contributed by atoms with Crippen molar-refractivity contribution in [3.63, 3.8) is 0 Å². The molecule has 1 amide bonds.